The SMILES string of the molecule is CCC(N)C(Oc1cccc(OC)c1)c1sccc1C. The molecule has 0 saturated carbocycles. The Morgan fingerprint density at radius 3 is 2.60 bits per heavy atom. The molecule has 2 aromatic rings. The molecule has 0 aliphatic heterocycles. The normalized spacial score (nSPS) is 13.8. The van der Waals surface area contributed by atoms with E-state index in [1.165, 1.54) is 10.4 Å². The molecule has 2 rings (SSSR count). The van der Waals surface area contributed by atoms with Crippen molar-refractivity contribution in [1.82, 2.24) is 0 Å². The van der Waals surface area contributed by atoms with Crippen LogP contribution in [0.25, 0.3) is 0 Å². The highest BCUT2D eigenvalue weighted by atomic mass is 32.1. The summed E-state index contributed by atoms with van der Waals surface area (Å²) in [5.74, 6) is 1.57. The van der Waals surface area contributed by atoms with Crippen molar-refractivity contribution in [2.24, 2.45) is 5.73 Å². The molecule has 0 saturated heterocycles. The van der Waals surface area contributed by atoms with Crippen LogP contribution in [0, 0.1) is 6.92 Å². The summed E-state index contributed by atoms with van der Waals surface area (Å²) in [7, 11) is 1.65. The molecular formula is C16H21NO2S. The molecule has 20 heavy (non-hydrogen) atoms. The summed E-state index contributed by atoms with van der Waals surface area (Å²) >= 11 is 1.69. The van der Waals surface area contributed by atoms with Crippen molar-refractivity contribution in [3.05, 3.63) is 46.2 Å². The van der Waals surface area contributed by atoms with E-state index < -0.39 is 0 Å². The standard InChI is InChI=1S/C16H21NO2S/c1-4-14(17)15(16-11(2)8-9-20-16)19-13-7-5-6-12(10-13)18-3/h5-10,14-15H,4,17H2,1-3H3. The van der Waals surface area contributed by atoms with Crippen molar-refractivity contribution in [2.45, 2.75) is 32.4 Å². The zero-order chi connectivity index (χ0) is 14.5. The molecule has 108 valence electrons. The van der Waals surface area contributed by atoms with Crippen LogP contribution < -0.4 is 15.2 Å². The van der Waals surface area contributed by atoms with Gasteiger partial charge in [-0.1, -0.05) is 13.0 Å². The van der Waals surface area contributed by atoms with E-state index in [1.807, 2.05) is 24.3 Å². The van der Waals surface area contributed by atoms with Gasteiger partial charge in [-0.25, -0.2) is 0 Å². The molecule has 3 nitrogen and oxygen atoms in total. The molecule has 1 heterocycles. The number of hydrogen-bond donors (Lipinski definition) is 1. The van der Waals surface area contributed by atoms with Gasteiger partial charge >= 0.3 is 0 Å². The summed E-state index contributed by atoms with van der Waals surface area (Å²) in [5.41, 5.74) is 7.47. The monoisotopic (exact) mass is 291 g/mol. The highest BCUT2D eigenvalue weighted by Gasteiger charge is 2.23. The van der Waals surface area contributed by atoms with E-state index in [0.717, 1.165) is 17.9 Å². The Kier molecular flexibility index (Phi) is 5.04. The molecule has 4 heteroatoms. The fraction of sp³-hybridized carbons (Fsp3) is 0.375. The second-order valence-corrected chi connectivity index (χ2v) is 5.71. The van der Waals surface area contributed by atoms with Gasteiger partial charge < -0.3 is 15.2 Å². The first-order valence-electron chi connectivity index (χ1n) is 6.76. The van der Waals surface area contributed by atoms with Gasteiger partial charge in [0, 0.05) is 17.0 Å². The molecule has 0 aliphatic carbocycles. The number of nitrogens with two attached hydrogens (primary N) is 1. The molecule has 2 N–H and O–H groups in total. The van der Waals surface area contributed by atoms with Gasteiger partial charge in [0.1, 0.15) is 17.6 Å². The average Bonchev–Trinajstić information content (AvgIpc) is 2.90. The first kappa shape index (κ1) is 14.9. The average molecular weight is 291 g/mol. The first-order valence-corrected chi connectivity index (χ1v) is 7.64. The van der Waals surface area contributed by atoms with Gasteiger partial charge in [0.2, 0.25) is 0 Å². The smallest absolute Gasteiger partial charge is 0.148 e. The molecule has 0 radical (unpaired) electrons. The molecule has 0 aliphatic rings. The van der Waals surface area contributed by atoms with Gasteiger partial charge in [0.15, 0.2) is 0 Å². The van der Waals surface area contributed by atoms with E-state index >= 15 is 0 Å². The van der Waals surface area contributed by atoms with E-state index in [-0.39, 0.29) is 12.1 Å². The van der Waals surface area contributed by atoms with Crippen LogP contribution in [0.2, 0.25) is 0 Å². The van der Waals surface area contributed by atoms with Crippen LogP contribution in [0.3, 0.4) is 0 Å². The van der Waals surface area contributed by atoms with Gasteiger partial charge in [0.25, 0.3) is 0 Å². The van der Waals surface area contributed by atoms with Gasteiger partial charge in [-0.05, 0) is 42.5 Å². The minimum absolute atomic E-state index is 0.0291. The number of rotatable bonds is 6. The van der Waals surface area contributed by atoms with Crippen LogP contribution in [-0.2, 0) is 0 Å². The fourth-order valence-electron chi connectivity index (χ4n) is 2.05. The van der Waals surface area contributed by atoms with E-state index in [2.05, 4.69) is 25.3 Å². The number of hydrogen-bond acceptors (Lipinski definition) is 4. The third kappa shape index (κ3) is 3.32. The Morgan fingerprint density at radius 1 is 1.25 bits per heavy atom. The van der Waals surface area contributed by atoms with Crippen molar-refractivity contribution in [1.29, 1.82) is 0 Å². The van der Waals surface area contributed by atoms with Gasteiger partial charge in [-0.15, -0.1) is 11.3 Å². The summed E-state index contributed by atoms with van der Waals surface area (Å²) in [6.07, 6.45) is 0.749. The highest BCUT2D eigenvalue weighted by Crippen LogP contribution is 2.32. The maximum atomic E-state index is 6.25. The molecule has 2 atom stereocenters. The number of benzene rings is 1. The summed E-state index contributed by atoms with van der Waals surface area (Å²) in [4.78, 5) is 1.20. The zero-order valence-corrected chi connectivity index (χ0v) is 12.9. The molecule has 0 spiro atoms. The number of aryl methyl sites for hydroxylation is 1. The summed E-state index contributed by atoms with van der Waals surface area (Å²) < 4.78 is 11.4. The van der Waals surface area contributed by atoms with Crippen LogP contribution in [-0.4, -0.2) is 13.2 Å². The Morgan fingerprint density at radius 2 is 2.00 bits per heavy atom. The summed E-state index contributed by atoms with van der Waals surface area (Å²) in [5, 5.41) is 2.08. The van der Waals surface area contributed by atoms with Gasteiger partial charge in [-0.3, -0.25) is 0 Å². The molecule has 0 bridgehead atoms. The topological polar surface area (TPSA) is 44.5 Å². The van der Waals surface area contributed by atoms with Crippen molar-refractivity contribution < 1.29 is 9.47 Å². The number of thiophene rings is 1. The van der Waals surface area contributed by atoms with Crippen molar-refractivity contribution in [2.75, 3.05) is 7.11 Å². The van der Waals surface area contributed by atoms with Crippen molar-refractivity contribution >= 4 is 11.3 Å². The Balaban J connectivity index is 2.26. The third-order valence-electron chi connectivity index (χ3n) is 3.32. The molecule has 1 aromatic carbocycles. The molecular weight excluding hydrogens is 270 g/mol. The van der Waals surface area contributed by atoms with Crippen LogP contribution in [0.15, 0.2) is 35.7 Å². The number of methoxy groups -OCH3 is 1. The van der Waals surface area contributed by atoms with Gasteiger partial charge in [-0.2, -0.15) is 0 Å². The Hall–Kier alpha value is -1.52. The second kappa shape index (κ2) is 6.77. The minimum Gasteiger partial charge on any atom is -0.497 e. The van der Waals surface area contributed by atoms with Gasteiger partial charge in [0.05, 0.1) is 7.11 Å². The van der Waals surface area contributed by atoms with E-state index in [1.54, 1.807) is 18.4 Å². The minimum atomic E-state index is -0.118. The molecule has 1 aromatic heterocycles. The third-order valence-corrected chi connectivity index (χ3v) is 4.41. The fourth-order valence-corrected chi connectivity index (χ4v) is 3.08. The van der Waals surface area contributed by atoms with Crippen LogP contribution in [0.5, 0.6) is 11.5 Å². The predicted octanol–water partition coefficient (Wildman–Crippen LogP) is 3.92. The predicted molar refractivity (Wildman–Crippen MR) is 83.7 cm³/mol. The molecule has 0 amide bonds. The lowest BCUT2D eigenvalue weighted by Crippen LogP contribution is -2.31. The maximum Gasteiger partial charge on any atom is 0.148 e. The largest absolute Gasteiger partial charge is 0.497 e. The molecule has 2 unspecified atom stereocenters. The Bertz CT molecular complexity index is 553. The highest BCUT2D eigenvalue weighted by molar-refractivity contribution is 7.10. The quantitative estimate of drug-likeness (QED) is 0.877. The van der Waals surface area contributed by atoms with E-state index in [9.17, 15) is 0 Å². The van der Waals surface area contributed by atoms with E-state index in [4.69, 9.17) is 15.2 Å². The van der Waals surface area contributed by atoms with Crippen LogP contribution >= 0.6 is 11.3 Å². The lowest BCUT2D eigenvalue weighted by atomic mass is 10.1. The maximum absolute atomic E-state index is 6.25. The van der Waals surface area contributed by atoms with E-state index in [0.29, 0.717) is 0 Å². The zero-order valence-electron chi connectivity index (χ0n) is 12.1. The Labute approximate surface area is 124 Å². The first-order chi connectivity index (χ1) is 9.65. The number of ether oxygens (including phenoxy) is 2. The van der Waals surface area contributed by atoms with Crippen LogP contribution in [0.4, 0.5) is 0 Å². The summed E-state index contributed by atoms with van der Waals surface area (Å²) in [6.45, 7) is 4.17. The second-order valence-electron chi connectivity index (χ2n) is 4.76. The lowest BCUT2D eigenvalue weighted by Gasteiger charge is -2.24. The van der Waals surface area contributed by atoms with Crippen LogP contribution in [0.1, 0.15) is 29.9 Å². The van der Waals surface area contributed by atoms with Crippen molar-refractivity contribution in [3.8, 4) is 11.5 Å². The lowest BCUT2D eigenvalue weighted by molar-refractivity contribution is 0.173. The van der Waals surface area contributed by atoms with Crippen molar-refractivity contribution in [3.63, 3.8) is 0 Å². The molecule has 0 fully saturated rings. The summed E-state index contributed by atoms with van der Waals surface area (Å²) in [6, 6.07) is 9.71.